The zero-order chi connectivity index (χ0) is 60.7. The van der Waals surface area contributed by atoms with Crippen LogP contribution in [0, 0.1) is 19.8 Å². The Hall–Kier alpha value is -6.45. The fourth-order valence-electron chi connectivity index (χ4n) is 11.5. The van der Waals surface area contributed by atoms with Gasteiger partial charge in [-0.25, -0.2) is 16.8 Å². The molecule has 2 fully saturated rings. The minimum Gasteiger partial charge on any atom is -0.392 e. The molecule has 5 aromatic carbocycles. The Morgan fingerprint density at radius 1 is 0.671 bits per heavy atom. The van der Waals surface area contributed by atoms with Crippen molar-refractivity contribution in [1.29, 1.82) is 0 Å². The summed E-state index contributed by atoms with van der Waals surface area (Å²) in [6.45, 7) is 19.5. The Labute approximate surface area is 504 Å². The van der Waals surface area contributed by atoms with Gasteiger partial charge in [-0.15, -0.1) is 0 Å². The van der Waals surface area contributed by atoms with E-state index in [0.717, 1.165) is 45.5 Å². The molecule has 5 atom stereocenters. The number of β-amino-alcohol motifs (C(OH)–C–C–N with tert-alkyl or cyclic N) is 1. The van der Waals surface area contributed by atoms with E-state index in [1.165, 1.54) is 8.61 Å². The number of nitrogens with zero attached hydrogens (tertiary/aromatic N) is 6. The van der Waals surface area contributed by atoms with Crippen LogP contribution in [-0.4, -0.2) is 156 Å². The van der Waals surface area contributed by atoms with Gasteiger partial charge in [0.2, 0.25) is 31.9 Å². The average molecular weight is 1200 g/mol. The molecule has 2 amide bonds. The van der Waals surface area contributed by atoms with Crippen LogP contribution >= 0.6 is 0 Å². The lowest BCUT2D eigenvalue weighted by molar-refractivity contribution is -0.132. The third kappa shape index (κ3) is 18.5. The van der Waals surface area contributed by atoms with E-state index in [1.54, 1.807) is 54.7 Å². The van der Waals surface area contributed by atoms with E-state index in [4.69, 9.17) is 0 Å². The molecular formula is C67H86N8O8S2. The average Bonchev–Trinajstić information content (AvgIpc) is 3.38. The van der Waals surface area contributed by atoms with Crippen molar-refractivity contribution >= 4 is 31.9 Å². The number of pyridine rings is 1. The van der Waals surface area contributed by atoms with Crippen LogP contribution in [0.2, 0.25) is 0 Å². The van der Waals surface area contributed by atoms with Crippen molar-refractivity contribution < 1.29 is 36.6 Å². The number of carbonyl (C=O) groups excluding carboxylic acids is 2. The van der Waals surface area contributed by atoms with E-state index in [2.05, 4.69) is 49.0 Å². The second-order valence-corrected chi connectivity index (χ2v) is 28.0. The fraction of sp³-hybridized carbons (Fsp3) is 0.418. The van der Waals surface area contributed by atoms with Gasteiger partial charge in [0.1, 0.15) is 6.04 Å². The maximum atomic E-state index is 13.8. The van der Waals surface area contributed by atoms with E-state index in [9.17, 15) is 36.6 Å². The van der Waals surface area contributed by atoms with Crippen molar-refractivity contribution in [2.45, 2.75) is 119 Å². The number of aryl methyl sites for hydroxylation is 2. The molecule has 0 unspecified atom stereocenters. The Morgan fingerprint density at radius 3 is 1.78 bits per heavy atom. The van der Waals surface area contributed by atoms with Crippen molar-refractivity contribution in [3.8, 4) is 0 Å². The number of hydrogen-bond acceptors (Lipinski definition) is 12. The van der Waals surface area contributed by atoms with Gasteiger partial charge < -0.3 is 20.8 Å². The number of fused-ring (bicyclic) bond motifs is 1. The van der Waals surface area contributed by atoms with Gasteiger partial charge in [-0.3, -0.25) is 29.3 Å². The first-order valence-electron chi connectivity index (χ1n) is 29.6. The predicted molar refractivity (Wildman–Crippen MR) is 334 cm³/mol. The van der Waals surface area contributed by atoms with E-state index in [0.29, 0.717) is 83.6 Å². The number of carbonyl (C=O) groups is 2. The third-order valence-corrected chi connectivity index (χ3v) is 19.6. The molecule has 9 rings (SSSR count). The van der Waals surface area contributed by atoms with Crippen LogP contribution in [-0.2, 0) is 55.6 Å². The number of nitrogens with one attached hydrogen (secondary N) is 2. The highest BCUT2D eigenvalue weighted by atomic mass is 32.2. The first kappa shape index (κ1) is 64.5. The molecule has 454 valence electrons. The van der Waals surface area contributed by atoms with Crippen molar-refractivity contribution in [2.24, 2.45) is 5.92 Å². The second kappa shape index (κ2) is 29.8. The van der Waals surface area contributed by atoms with Crippen LogP contribution in [0.4, 0.5) is 0 Å². The highest BCUT2D eigenvalue weighted by molar-refractivity contribution is 7.89. The minimum atomic E-state index is -3.80. The summed E-state index contributed by atoms with van der Waals surface area (Å²) in [6, 6.07) is 44.4. The fourth-order valence-corrected chi connectivity index (χ4v) is 14.5. The summed E-state index contributed by atoms with van der Waals surface area (Å²) < 4.78 is 57.7. The molecule has 0 bridgehead atoms. The molecule has 0 radical (unpaired) electrons. The Kier molecular flexibility index (Phi) is 22.6. The summed E-state index contributed by atoms with van der Waals surface area (Å²) in [5.41, 5.74) is 7.33. The molecule has 4 N–H and O–H groups in total. The van der Waals surface area contributed by atoms with E-state index in [-0.39, 0.29) is 47.7 Å². The van der Waals surface area contributed by atoms with Gasteiger partial charge in [0, 0.05) is 95.7 Å². The largest absolute Gasteiger partial charge is 0.392 e. The number of rotatable bonds is 17. The lowest BCUT2D eigenvalue weighted by Crippen LogP contribution is -2.61. The number of hydrogen-bond donors (Lipinski definition) is 4. The maximum absolute atomic E-state index is 13.8. The molecule has 85 heavy (non-hydrogen) atoms. The lowest BCUT2D eigenvalue weighted by atomic mass is 9.91. The normalized spacial score (nSPS) is 19.9. The summed E-state index contributed by atoms with van der Waals surface area (Å²) in [6.07, 6.45) is 4.56. The zero-order valence-electron chi connectivity index (χ0n) is 50.0. The lowest BCUT2D eigenvalue weighted by Gasteiger charge is -2.42. The summed E-state index contributed by atoms with van der Waals surface area (Å²) in [5.74, 6) is -0.781. The number of aromatic nitrogens is 1. The monoisotopic (exact) mass is 1190 g/mol. The van der Waals surface area contributed by atoms with Crippen LogP contribution in [0.1, 0.15) is 85.0 Å². The molecule has 0 spiro atoms. The number of sulfonamides is 2. The van der Waals surface area contributed by atoms with Crippen molar-refractivity contribution in [3.63, 3.8) is 0 Å². The highest BCUT2D eigenvalue weighted by Crippen LogP contribution is 2.32. The molecular weight excluding hydrogens is 1110 g/mol. The standard InChI is InChI=1S/C36H47N5O4.C31H39N3O4S2/c1-36(2,3)39-35(45)31-24-40(22-26-12-9-15-37-21-26)16-17-41(31)23-29(42)19-28(18-25-10-5-4-6-11-25)34(44)38-33-30-14-8-7-13-27(30)20-32(33)43;1-26-11-15-30(16-12-26)39(35,36)33-21-7-19-32(25-29-9-5-4-6-10-29)20-8-22-34(24-28(3)23-33)40(37,38)31-17-13-27(2)14-18-31/h4-15,21,28-29,31-33,42-43H,16-20,22-24H2,1-3H3,(H,38,44)(H,39,45);4-6,9-18H,3,7-8,19-25H2,1-2H3/t28-,29-,31-,32+,33-;/m0./s1. The Balaban J connectivity index is 0.000000223. The van der Waals surface area contributed by atoms with Gasteiger partial charge in [0.05, 0.1) is 28.0 Å². The molecule has 1 aromatic heterocycles. The topological polar surface area (TPSA) is 196 Å². The smallest absolute Gasteiger partial charge is 0.243 e. The molecule has 0 saturated carbocycles. The van der Waals surface area contributed by atoms with Crippen LogP contribution in [0.15, 0.2) is 180 Å². The molecule has 2 saturated heterocycles. The SMILES string of the molecule is C=C1CN(S(=O)(=O)c2ccc(C)cc2)CCCN(Cc2ccccc2)CCCN(S(=O)(=O)c2ccc(C)cc2)C1.CC(C)(C)NC(=O)[C@@H]1CN(Cc2cccnc2)CCN1C[C@@H](O)C[C@H](Cc1ccccc1)C(=O)N[C@H]1c2ccccc2C[C@H]1O. The van der Waals surface area contributed by atoms with Crippen LogP contribution in [0.25, 0.3) is 0 Å². The summed E-state index contributed by atoms with van der Waals surface area (Å²) in [4.78, 5) is 38.6. The summed E-state index contributed by atoms with van der Waals surface area (Å²) in [5, 5.41) is 28.5. The number of benzene rings is 5. The molecule has 6 aromatic rings. The highest BCUT2D eigenvalue weighted by Gasteiger charge is 2.38. The maximum Gasteiger partial charge on any atom is 0.243 e. The molecule has 3 aliphatic rings. The van der Waals surface area contributed by atoms with Crippen LogP contribution < -0.4 is 10.6 Å². The van der Waals surface area contributed by atoms with E-state index < -0.39 is 55.8 Å². The number of piperazine rings is 1. The van der Waals surface area contributed by atoms with Gasteiger partial charge in [-0.05, 0) is 137 Å². The first-order valence-corrected chi connectivity index (χ1v) is 32.5. The van der Waals surface area contributed by atoms with Gasteiger partial charge in [0.25, 0.3) is 0 Å². The van der Waals surface area contributed by atoms with Crippen LogP contribution in [0.5, 0.6) is 0 Å². The van der Waals surface area contributed by atoms with Crippen molar-refractivity contribution in [1.82, 2.24) is 38.9 Å². The summed E-state index contributed by atoms with van der Waals surface area (Å²) in [7, 11) is -7.60. The number of aliphatic hydroxyl groups is 2. The van der Waals surface area contributed by atoms with Gasteiger partial charge in [-0.1, -0.05) is 133 Å². The quantitative estimate of drug-likeness (QED) is 0.0651. The van der Waals surface area contributed by atoms with Gasteiger partial charge in [-0.2, -0.15) is 8.61 Å². The first-order chi connectivity index (χ1) is 40.6. The Bertz CT molecular complexity index is 3260. The van der Waals surface area contributed by atoms with Crippen LogP contribution in [0.3, 0.4) is 0 Å². The molecule has 3 heterocycles. The van der Waals surface area contributed by atoms with E-state index in [1.807, 2.05) is 126 Å². The second-order valence-electron chi connectivity index (χ2n) is 24.1. The molecule has 1 aliphatic carbocycles. The van der Waals surface area contributed by atoms with Crippen molar-refractivity contribution in [2.75, 3.05) is 65.4 Å². The molecule has 2 aliphatic heterocycles. The zero-order valence-corrected chi connectivity index (χ0v) is 51.6. The van der Waals surface area contributed by atoms with Gasteiger partial charge >= 0.3 is 0 Å². The van der Waals surface area contributed by atoms with Gasteiger partial charge in [0.15, 0.2) is 0 Å². The van der Waals surface area contributed by atoms with E-state index >= 15 is 0 Å². The van der Waals surface area contributed by atoms with Crippen molar-refractivity contribution in [3.05, 3.63) is 209 Å². The minimum absolute atomic E-state index is 0.0504. The third-order valence-electron chi connectivity index (χ3n) is 15.8. The number of aliphatic hydroxyl groups excluding tert-OH is 2. The number of amides is 2. The molecule has 16 nitrogen and oxygen atoms in total. The predicted octanol–water partition coefficient (Wildman–Crippen LogP) is 7.70. The molecule has 18 heteroatoms. The summed E-state index contributed by atoms with van der Waals surface area (Å²) >= 11 is 0. The Morgan fingerprint density at radius 2 is 1.21 bits per heavy atom.